The van der Waals surface area contributed by atoms with Crippen molar-refractivity contribution in [3.8, 4) is 0 Å². The van der Waals surface area contributed by atoms with Crippen LogP contribution < -0.4 is 10.9 Å². The third-order valence-electron chi connectivity index (χ3n) is 7.67. The molecule has 0 aromatic carbocycles. The molecule has 2 fully saturated rings. The first kappa shape index (κ1) is 25.9. The van der Waals surface area contributed by atoms with Gasteiger partial charge in [0.25, 0.3) is 5.56 Å². The van der Waals surface area contributed by atoms with E-state index in [1.807, 2.05) is 18.2 Å². The number of pyridine rings is 2. The van der Waals surface area contributed by atoms with Gasteiger partial charge in [0.2, 0.25) is 5.91 Å². The number of rotatable bonds is 7. The van der Waals surface area contributed by atoms with E-state index < -0.39 is 17.3 Å². The molecule has 3 atom stereocenters. The second-order valence-electron chi connectivity index (χ2n) is 10.2. The van der Waals surface area contributed by atoms with E-state index in [-0.39, 0.29) is 43.2 Å². The number of carbonyl (C=O) groups is 1. The first-order valence-electron chi connectivity index (χ1n) is 12.8. The predicted octanol–water partition coefficient (Wildman–Crippen LogP) is 1.92. The Labute approximate surface area is 213 Å². The summed E-state index contributed by atoms with van der Waals surface area (Å²) in [5.74, 6) is 0.113. The summed E-state index contributed by atoms with van der Waals surface area (Å²) in [4.78, 5) is 33.9. The maximum absolute atomic E-state index is 13.2. The van der Waals surface area contributed by atoms with Crippen LogP contribution >= 0.6 is 0 Å². The molecule has 2 saturated heterocycles. The lowest BCUT2D eigenvalue weighted by Crippen LogP contribution is -2.48. The van der Waals surface area contributed by atoms with Crippen LogP contribution in [0.5, 0.6) is 0 Å². The van der Waals surface area contributed by atoms with Crippen LogP contribution in [0.25, 0.3) is 0 Å². The second-order valence-corrected chi connectivity index (χ2v) is 10.2. The van der Waals surface area contributed by atoms with Crippen molar-refractivity contribution in [2.45, 2.75) is 50.6 Å². The van der Waals surface area contributed by atoms with Gasteiger partial charge in [-0.3, -0.25) is 24.4 Å². The van der Waals surface area contributed by atoms with Crippen LogP contribution in [-0.4, -0.2) is 76.7 Å². The zero-order chi connectivity index (χ0) is 26.0. The fourth-order valence-corrected chi connectivity index (χ4v) is 5.69. The lowest BCUT2D eigenvalue weighted by atomic mass is 9.96. The average Bonchev–Trinajstić information content (AvgIpc) is 3.53. The van der Waals surface area contributed by atoms with Crippen LogP contribution in [0.1, 0.15) is 29.8 Å². The number of hydrogen-bond acceptors (Lipinski definition) is 6. The van der Waals surface area contributed by atoms with Gasteiger partial charge in [0.1, 0.15) is 0 Å². The summed E-state index contributed by atoms with van der Waals surface area (Å²) in [5, 5.41) is 3.20. The number of nitrogens with zero attached hydrogens (tertiary/aromatic N) is 4. The highest BCUT2D eigenvalue weighted by Gasteiger charge is 2.38. The number of likely N-dealkylation sites (tertiary alicyclic amines) is 1. The molecule has 0 spiro atoms. The van der Waals surface area contributed by atoms with E-state index in [0.29, 0.717) is 25.3 Å². The summed E-state index contributed by atoms with van der Waals surface area (Å²) < 4.78 is 46.5. The van der Waals surface area contributed by atoms with Gasteiger partial charge >= 0.3 is 6.18 Å². The van der Waals surface area contributed by atoms with E-state index in [1.54, 1.807) is 11.1 Å². The van der Waals surface area contributed by atoms with Crippen molar-refractivity contribution in [1.29, 1.82) is 0 Å². The maximum atomic E-state index is 13.2. The van der Waals surface area contributed by atoms with Crippen LogP contribution in [0.15, 0.2) is 41.3 Å². The number of halogens is 3. The standard InChI is InChI=1S/C26H32F3N5O3/c27-26(28,29)19-11-22-14-32(8-9-34(22)25(36)12-19)16-24(35)31-23-15-33(21-6-10-37-17-21)13-18(23)4-5-20-3-1-2-7-30-20/h1-3,7,11-12,18,21,23H,4-6,8-10,13-17H2,(H,31,35)/t18-,21?,23?/m0/s1. The highest BCUT2D eigenvalue weighted by molar-refractivity contribution is 5.78. The number of aryl methyl sites for hydroxylation is 1. The third-order valence-corrected chi connectivity index (χ3v) is 7.67. The van der Waals surface area contributed by atoms with Crippen molar-refractivity contribution >= 4 is 5.91 Å². The molecule has 0 radical (unpaired) electrons. The average molecular weight is 520 g/mol. The van der Waals surface area contributed by atoms with Crippen molar-refractivity contribution in [2.24, 2.45) is 5.92 Å². The number of carbonyl (C=O) groups excluding carboxylic acids is 1. The second kappa shape index (κ2) is 10.9. The lowest BCUT2D eigenvalue weighted by Gasteiger charge is -2.30. The van der Waals surface area contributed by atoms with Gasteiger partial charge in [-0.25, -0.2) is 0 Å². The lowest BCUT2D eigenvalue weighted by molar-refractivity contribution is -0.138. The van der Waals surface area contributed by atoms with Crippen LogP contribution in [0.2, 0.25) is 0 Å². The largest absolute Gasteiger partial charge is 0.416 e. The van der Waals surface area contributed by atoms with E-state index >= 15 is 0 Å². The Morgan fingerprint density at radius 1 is 1.19 bits per heavy atom. The molecule has 1 amide bonds. The molecule has 3 aliphatic rings. The molecular weight excluding hydrogens is 487 g/mol. The van der Waals surface area contributed by atoms with Crippen molar-refractivity contribution in [3.63, 3.8) is 0 Å². The molecule has 37 heavy (non-hydrogen) atoms. The number of fused-ring (bicyclic) bond motifs is 1. The number of aromatic nitrogens is 2. The smallest absolute Gasteiger partial charge is 0.380 e. The molecule has 2 aromatic heterocycles. The molecule has 5 rings (SSSR count). The first-order chi connectivity index (χ1) is 17.8. The quantitative estimate of drug-likeness (QED) is 0.602. The van der Waals surface area contributed by atoms with Gasteiger partial charge < -0.3 is 14.6 Å². The summed E-state index contributed by atoms with van der Waals surface area (Å²) in [6.45, 7) is 3.96. The molecule has 1 N–H and O–H groups in total. The fourth-order valence-electron chi connectivity index (χ4n) is 5.69. The van der Waals surface area contributed by atoms with Gasteiger partial charge in [0.15, 0.2) is 0 Å². The number of alkyl halides is 3. The van der Waals surface area contributed by atoms with Gasteiger partial charge in [-0.2, -0.15) is 13.2 Å². The molecule has 8 nitrogen and oxygen atoms in total. The number of amides is 1. The zero-order valence-corrected chi connectivity index (χ0v) is 20.6. The number of ether oxygens (including phenoxy) is 1. The topological polar surface area (TPSA) is 79.7 Å². The van der Waals surface area contributed by atoms with E-state index in [2.05, 4.69) is 15.2 Å². The van der Waals surface area contributed by atoms with Crippen LogP contribution in [0, 0.1) is 5.92 Å². The van der Waals surface area contributed by atoms with E-state index in [0.717, 1.165) is 50.7 Å². The van der Waals surface area contributed by atoms with Gasteiger partial charge in [-0.15, -0.1) is 0 Å². The van der Waals surface area contributed by atoms with E-state index in [9.17, 15) is 22.8 Å². The minimum Gasteiger partial charge on any atom is -0.380 e. The Morgan fingerprint density at radius 3 is 2.78 bits per heavy atom. The molecule has 0 saturated carbocycles. The molecule has 2 unspecified atom stereocenters. The summed E-state index contributed by atoms with van der Waals surface area (Å²) >= 11 is 0. The van der Waals surface area contributed by atoms with E-state index in [1.165, 1.54) is 4.57 Å². The molecule has 2 aromatic rings. The predicted molar refractivity (Wildman–Crippen MR) is 130 cm³/mol. The molecule has 0 bridgehead atoms. The fraction of sp³-hybridized carbons (Fsp3) is 0.577. The monoisotopic (exact) mass is 519 g/mol. The third kappa shape index (κ3) is 6.22. The normalized spacial score (nSPS) is 24.8. The van der Waals surface area contributed by atoms with Crippen molar-refractivity contribution < 1.29 is 22.7 Å². The Balaban J connectivity index is 1.22. The Hall–Kier alpha value is -2.76. The van der Waals surface area contributed by atoms with E-state index in [4.69, 9.17) is 4.74 Å². The Morgan fingerprint density at radius 2 is 2.05 bits per heavy atom. The first-order valence-corrected chi connectivity index (χ1v) is 12.8. The molecule has 0 aliphatic carbocycles. The van der Waals surface area contributed by atoms with Gasteiger partial charge in [0.05, 0.1) is 18.7 Å². The van der Waals surface area contributed by atoms with Crippen LogP contribution in [-0.2, 0) is 35.2 Å². The molecule has 11 heteroatoms. The molecular formula is C26H32F3N5O3. The van der Waals surface area contributed by atoms with Gasteiger partial charge in [-0.1, -0.05) is 6.07 Å². The summed E-state index contributed by atoms with van der Waals surface area (Å²) in [6.07, 6.45) is -0.0935. The van der Waals surface area contributed by atoms with Crippen molar-refractivity contribution in [3.05, 3.63) is 63.8 Å². The Kier molecular flexibility index (Phi) is 7.64. The number of hydrogen-bond donors (Lipinski definition) is 1. The highest BCUT2D eigenvalue weighted by atomic mass is 19.4. The molecule has 5 heterocycles. The maximum Gasteiger partial charge on any atom is 0.416 e. The summed E-state index contributed by atoms with van der Waals surface area (Å²) in [5.41, 5.74) is -0.310. The van der Waals surface area contributed by atoms with Gasteiger partial charge in [0, 0.05) is 75.1 Å². The van der Waals surface area contributed by atoms with Crippen molar-refractivity contribution in [1.82, 2.24) is 24.7 Å². The zero-order valence-electron chi connectivity index (χ0n) is 20.6. The summed E-state index contributed by atoms with van der Waals surface area (Å²) in [6, 6.07) is 7.86. The van der Waals surface area contributed by atoms with Crippen LogP contribution in [0.4, 0.5) is 13.2 Å². The minimum atomic E-state index is -4.59. The SMILES string of the molecule is O=C(CN1CCn2c(cc(C(F)(F)F)cc2=O)C1)NC1CN(C2CCOC2)C[C@@H]1CCc1ccccn1. The van der Waals surface area contributed by atoms with Crippen LogP contribution in [0.3, 0.4) is 0 Å². The molecule has 3 aliphatic heterocycles. The minimum absolute atomic E-state index is 0.0201. The number of nitrogens with one attached hydrogen (secondary N) is 1. The Bertz CT molecular complexity index is 1150. The highest BCUT2D eigenvalue weighted by Crippen LogP contribution is 2.30. The summed E-state index contributed by atoms with van der Waals surface area (Å²) in [7, 11) is 0. The molecule has 200 valence electrons. The van der Waals surface area contributed by atoms with Crippen molar-refractivity contribution in [2.75, 3.05) is 39.4 Å². The van der Waals surface area contributed by atoms with Gasteiger partial charge in [-0.05, 0) is 43.4 Å².